The summed E-state index contributed by atoms with van der Waals surface area (Å²) in [6.07, 6.45) is 1.75. The molecule has 0 unspecified atom stereocenters. The third-order valence-electron chi connectivity index (χ3n) is 5.04. The number of carbonyl (C=O) groups is 1. The smallest absolute Gasteiger partial charge is 0.232 e. The van der Waals surface area contributed by atoms with Gasteiger partial charge in [0.2, 0.25) is 5.78 Å². The van der Waals surface area contributed by atoms with E-state index in [9.17, 15) is 9.90 Å². The minimum atomic E-state index is -0.145. The normalized spacial score (nSPS) is 14.3. The maximum Gasteiger partial charge on any atom is 0.232 e. The Kier molecular flexibility index (Phi) is 5.19. The van der Waals surface area contributed by atoms with Crippen LogP contribution < -0.4 is 4.74 Å². The highest BCUT2D eigenvalue weighted by Gasteiger charge is 2.33. The van der Waals surface area contributed by atoms with Gasteiger partial charge < -0.3 is 9.84 Å². The van der Waals surface area contributed by atoms with E-state index >= 15 is 0 Å². The average molecular weight is 385 g/mol. The Morgan fingerprint density at radius 1 is 1.00 bits per heavy atom. The largest absolute Gasteiger partial charge is 0.507 e. The van der Waals surface area contributed by atoms with Gasteiger partial charge >= 0.3 is 0 Å². The lowest BCUT2D eigenvalue weighted by molar-refractivity contribution is 0.101. The molecule has 1 heterocycles. The first-order valence-corrected chi connectivity index (χ1v) is 9.60. The molecular weight excluding hydrogens is 362 g/mol. The number of aromatic hydroxyl groups is 1. The zero-order valence-corrected chi connectivity index (χ0v) is 16.6. The van der Waals surface area contributed by atoms with Crippen molar-refractivity contribution in [3.8, 4) is 11.5 Å². The standard InChI is InChI=1S/C25H23NO3/c1-17-13-21(27)20(16-26(2)15-19-11-7-4-8-12-19)25-23(17)24(28)22(29-25)14-18-9-5-3-6-10-18/h3-14,27H,15-16H2,1-2H3/b22-14-. The molecule has 0 saturated heterocycles. The zero-order chi connectivity index (χ0) is 20.4. The molecule has 0 bridgehead atoms. The van der Waals surface area contributed by atoms with Crippen LogP contribution in [-0.2, 0) is 13.1 Å². The number of nitrogens with zero attached hydrogens (tertiary/aromatic N) is 1. The number of fused-ring (bicyclic) bond motifs is 1. The number of ether oxygens (including phenoxy) is 1. The van der Waals surface area contributed by atoms with Crippen LogP contribution in [0.3, 0.4) is 0 Å². The van der Waals surface area contributed by atoms with E-state index in [0.29, 0.717) is 29.0 Å². The van der Waals surface area contributed by atoms with Gasteiger partial charge in [-0.05, 0) is 42.8 Å². The van der Waals surface area contributed by atoms with Crippen LogP contribution in [0, 0.1) is 6.92 Å². The Bertz CT molecular complexity index is 1070. The first-order valence-electron chi connectivity index (χ1n) is 9.60. The SMILES string of the molecule is Cc1cc(O)c(CN(C)Cc2ccccc2)c2c1C(=O)/C(=C/c1ccccc1)O2. The minimum absolute atomic E-state index is 0.145. The summed E-state index contributed by atoms with van der Waals surface area (Å²) in [5.41, 5.74) is 3.96. The van der Waals surface area contributed by atoms with Gasteiger partial charge in [-0.2, -0.15) is 0 Å². The maximum atomic E-state index is 13.0. The minimum Gasteiger partial charge on any atom is -0.507 e. The summed E-state index contributed by atoms with van der Waals surface area (Å²) in [7, 11) is 1.98. The van der Waals surface area contributed by atoms with E-state index in [1.54, 1.807) is 12.1 Å². The van der Waals surface area contributed by atoms with Crippen LogP contribution in [0.5, 0.6) is 11.5 Å². The second-order valence-electron chi connectivity index (χ2n) is 7.40. The molecule has 0 saturated carbocycles. The summed E-state index contributed by atoms with van der Waals surface area (Å²) in [5.74, 6) is 0.754. The summed E-state index contributed by atoms with van der Waals surface area (Å²) in [6, 6.07) is 21.4. The van der Waals surface area contributed by atoms with Crippen molar-refractivity contribution in [2.45, 2.75) is 20.0 Å². The average Bonchev–Trinajstić information content (AvgIpc) is 3.03. The molecular formula is C25H23NO3. The van der Waals surface area contributed by atoms with Gasteiger partial charge in [-0.15, -0.1) is 0 Å². The van der Waals surface area contributed by atoms with E-state index in [1.165, 1.54) is 5.56 Å². The zero-order valence-electron chi connectivity index (χ0n) is 16.6. The molecule has 29 heavy (non-hydrogen) atoms. The predicted molar refractivity (Wildman–Crippen MR) is 114 cm³/mol. The lowest BCUT2D eigenvalue weighted by Crippen LogP contribution is -2.17. The van der Waals surface area contributed by atoms with Crippen LogP contribution in [0.4, 0.5) is 0 Å². The molecule has 3 aromatic carbocycles. The van der Waals surface area contributed by atoms with E-state index in [-0.39, 0.29) is 17.3 Å². The van der Waals surface area contributed by atoms with Crippen LogP contribution in [0.2, 0.25) is 0 Å². The molecule has 4 heteroatoms. The molecule has 146 valence electrons. The second kappa shape index (κ2) is 7.94. The highest BCUT2D eigenvalue weighted by Crippen LogP contribution is 2.42. The number of ketones is 1. The number of hydrogen-bond acceptors (Lipinski definition) is 4. The van der Waals surface area contributed by atoms with Crippen molar-refractivity contribution in [3.63, 3.8) is 0 Å². The van der Waals surface area contributed by atoms with Crippen LogP contribution in [-0.4, -0.2) is 22.8 Å². The Labute approximate surface area is 170 Å². The maximum absolute atomic E-state index is 13.0. The van der Waals surface area contributed by atoms with Crippen molar-refractivity contribution >= 4 is 11.9 Å². The highest BCUT2D eigenvalue weighted by atomic mass is 16.5. The molecule has 0 atom stereocenters. The predicted octanol–water partition coefficient (Wildman–Crippen LogP) is 4.95. The quantitative estimate of drug-likeness (QED) is 0.632. The number of allylic oxidation sites excluding steroid dienone is 1. The van der Waals surface area contributed by atoms with Crippen molar-refractivity contribution in [1.29, 1.82) is 0 Å². The number of phenolic OH excluding ortho intramolecular Hbond substituents is 1. The molecule has 0 aliphatic carbocycles. The fraction of sp³-hybridized carbons (Fsp3) is 0.160. The van der Waals surface area contributed by atoms with E-state index in [2.05, 4.69) is 17.0 Å². The third-order valence-corrected chi connectivity index (χ3v) is 5.04. The molecule has 1 aliphatic rings. The number of aryl methyl sites for hydroxylation is 1. The summed E-state index contributed by atoms with van der Waals surface area (Å²) in [5, 5.41) is 10.6. The lowest BCUT2D eigenvalue weighted by atomic mass is 9.99. The number of benzene rings is 3. The second-order valence-corrected chi connectivity index (χ2v) is 7.40. The molecule has 4 rings (SSSR count). The number of hydrogen-bond donors (Lipinski definition) is 1. The number of phenols is 1. The van der Waals surface area contributed by atoms with Crippen LogP contribution in [0.1, 0.15) is 32.6 Å². The van der Waals surface area contributed by atoms with Crippen molar-refractivity contribution in [3.05, 3.63) is 100 Å². The van der Waals surface area contributed by atoms with E-state index in [0.717, 1.165) is 12.1 Å². The Balaban J connectivity index is 1.65. The van der Waals surface area contributed by atoms with Gasteiger partial charge in [0, 0.05) is 13.1 Å². The monoisotopic (exact) mass is 385 g/mol. The van der Waals surface area contributed by atoms with Gasteiger partial charge in [0.1, 0.15) is 11.5 Å². The fourth-order valence-corrected chi connectivity index (χ4v) is 3.65. The number of carbonyl (C=O) groups excluding carboxylic acids is 1. The summed E-state index contributed by atoms with van der Waals surface area (Å²) < 4.78 is 5.99. The van der Waals surface area contributed by atoms with E-state index in [1.807, 2.05) is 62.5 Å². The highest BCUT2D eigenvalue weighted by molar-refractivity contribution is 6.15. The van der Waals surface area contributed by atoms with Crippen molar-refractivity contribution < 1.29 is 14.6 Å². The molecule has 1 N–H and O–H groups in total. The van der Waals surface area contributed by atoms with Crippen LogP contribution in [0.15, 0.2) is 72.5 Å². The van der Waals surface area contributed by atoms with Crippen LogP contribution in [0.25, 0.3) is 6.08 Å². The molecule has 4 nitrogen and oxygen atoms in total. The molecule has 0 amide bonds. The van der Waals surface area contributed by atoms with Crippen molar-refractivity contribution in [2.75, 3.05) is 7.05 Å². The van der Waals surface area contributed by atoms with Gasteiger partial charge in [-0.1, -0.05) is 60.7 Å². The van der Waals surface area contributed by atoms with Crippen molar-refractivity contribution in [1.82, 2.24) is 4.90 Å². The first kappa shape index (κ1) is 19.0. The van der Waals surface area contributed by atoms with Gasteiger partial charge in [0.05, 0.1) is 11.1 Å². The summed E-state index contributed by atoms with van der Waals surface area (Å²) >= 11 is 0. The molecule has 0 fully saturated rings. The van der Waals surface area contributed by atoms with Gasteiger partial charge in [0.15, 0.2) is 5.76 Å². The van der Waals surface area contributed by atoms with E-state index in [4.69, 9.17) is 4.74 Å². The Morgan fingerprint density at radius 2 is 1.66 bits per heavy atom. The van der Waals surface area contributed by atoms with Crippen LogP contribution >= 0.6 is 0 Å². The third kappa shape index (κ3) is 3.93. The lowest BCUT2D eigenvalue weighted by Gasteiger charge is -2.19. The Morgan fingerprint density at radius 3 is 2.34 bits per heavy atom. The topological polar surface area (TPSA) is 49.8 Å². The molecule has 0 radical (unpaired) electrons. The molecule has 1 aliphatic heterocycles. The summed E-state index contributed by atoms with van der Waals surface area (Å²) in [6.45, 7) is 3.02. The Hall–Kier alpha value is -3.37. The van der Waals surface area contributed by atoms with E-state index < -0.39 is 0 Å². The molecule has 0 aromatic heterocycles. The fourth-order valence-electron chi connectivity index (χ4n) is 3.65. The first-order chi connectivity index (χ1) is 14.0. The van der Waals surface area contributed by atoms with Gasteiger partial charge in [-0.25, -0.2) is 0 Å². The van der Waals surface area contributed by atoms with Gasteiger partial charge in [-0.3, -0.25) is 9.69 Å². The molecule has 3 aromatic rings. The number of rotatable bonds is 5. The number of Topliss-reactive ketones (excluding diaryl/α,β-unsaturated/α-hetero) is 1. The molecule has 0 spiro atoms. The van der Waals surface area contributed by atoms with Crippen molar-refractivity contribution in [2.24, 2.45) is 0 Å². The summed E-state index contributed by atoms with van der Waals surface area (Å²) in [4.78, 5) is 15.1. The van der Waals surface area contributed by atoms with Gasteiger partial charge in [0.25, 0.3) is 0 Å².